The zero-order valence-electron chi connectivity index (χ0n) is 15.0. The van der Waals surface area contributed by atoms with Gasteiger partial charge in [0.05, 0.1) is 18.8 Å². The molecular weight excluding hydrogens is 400 g/mol. The zero-order valence-corrected chi connectivity index (χ0v) is 16.5. The van der Waals surface area contributed by atoms with Crippen molar-refractivity contribution in [3.05, 3.63) is 63.5 Å². The zero-order chi connectivity index (χ0) is 19.8. The molecule has 1 aliphatic heterocycles. The maximum Gasteiger partial charge on any atom is 0.122 e. The second-order valence-corrected chi connectivity index (χ2v) is 8.66. The largest absolute Gasteiger partial charge is 0.508 e. The Kier molecular flexibility index (Phi) is 5.60. The van der Waals surface area contributed by atoms with Crippen LogP contribution in [-0.2, 0) is 11.2 Å². The molecule has 0 saturated carbocycles. The number of fused-ring (bicyclic) bond motifs is 1. The maximum atomic E-state index is 10.4. The van der Waals surface area contributed by atoms with E-state index in [1.807, 2.05) is 12.1 Å². The molecule has 28 heavy (non-hydrogen) atoms. The molecule has 1 fully saturated rings. The van der Waals surface area contributed by atoms with E-state index in [0.717, 1.165) is 15.8 Å². The van der Waals surface area contributed by atoms with Gasteiger partial charge in [-0.2, -0.15) is 0 Å². The van der Waals surface area contributed by atoms with E-state index in [9.17, 15) is 20.4 Å². The van der Waals surface area contributed by atoms with Crippen LogP contribution in [0.15, 0.2) is 42.5 Å². The average molecular weight is 421 g/mol. The van der Waals surface area contributed by atoms with Crippen molar-refractivity contribution >= 4 is 33.0 Å². The maximum absolute atomic E-state index is 10.4. The SMILES string of the molecule is OC[C@@H]1C[C@H](O)[C@@H](O)[C@H](c2cc(Cc3cc4ccccc4s3)c(Cl)cc2O)O1. The van der Waals surface area contributed by atoms with Crippen molar-refractivity contribution in [2.75, 3.05) is 6.61 Å². The summed E-state index contributed by atoms with van der Waals surface area (Å²) in [5, 5.41) is 41.8. The third-order valence-corrected chi connectivity index (χ3v) is 6.56. The molecule has 4 rings (SSSR count). The van der Waals surface area contributed by atoms with Gasteiger partial charge in [-0.3, -0.25) is 0 Å². The number of hydrogen-bond acceptors (Lipinski definition) is 6. The van der Waals surface area contributed by atoms with Gasteiger partial charge in [0.2, 0.25) is 0 Å². The Labute approximate surface area is 171 Å². The van der Waals surface area contributed by atoms with Gasteiger partial charge in [-0.1, -0.05) is 29.8 Å². The van der Waals surface area contributed by atoms with Crippen molar-refractivity contribution in [1.82, 2.24) is 0 Å². The van der Waals surface area contributed by atoms with Crippen LogP contribution in [0.2, 0.25) is 5.02 Å². The highest BCUT2D eigenvalue weighted by atomic mass is 35.5. The van der Waals surface area contributed by atoms with E-state index in [1.54, 1.807) is 17.4 Å². The van der Waals surface area contributed by atoms with Gasteiger partial charge < -0.3 is 25.2 Å². The van der Waals surface area contributed by atoms with Crippen LogP contribution in [0.5, 0.6) is 5.75 Å². The Bertz CT molecular complexity index is 955. The Balaban J connectivity index is 1.67. The van der Waals surface area contributed by atoms with E-state index >= 15 is 0 Å². The standard InChI is InChI=1S/C21H21ClO5S/c22-16-9-17(24)15(21-20(26)18(25)8-13(10-23)27-21)7-12(16)6-14-5-11-3-1-2-4-19(11)28-14/h1-5,7,9,13,18,20-21,23-26H,6,8,10H2/t13-,18-,20+,21-/m0/s1. The molecule has 0 amide bonds. The second kappa shape index (κ2) is 7.99. The Morgan fingerprint density at radius 1 is 1.14 bits per heavy atom. The third kappa shape index (κ3) is 3.76. The van der Waals surface area contributed by atoms with Crippen LogP contribution in [0.4, 0.5) is 0 Å². The number of aliphatic hydroxyl groups is 3. The predicted molar refractivity (Wildman–Crippen MR) is 109 cm³/mol. The molecule has 2 aromatic carbocycles. The highest BCUT2D eigenvalue weighted by molar-refractivity contribution is 7.19. The van der Waals surface area contributed by atoms with Crippen LogP contribution in [0, 0.1) is 0 Å². The summed E-state index contributed by atoms with van der Waals surface area (Å²) < 4.78 is 6.91. The number of thiophene rings is 1. The van der Waals surface area contributed by atoms with Gasteiger partial charge in [0.25, 0.3) is 0 Å². The molecule has 4 atom stereocenters. The number of ether oxygens (including phenoxy) is 1. The van der Waals surface area contributed by atoms with Crippen molar-refractivity contribution in [2.24, 2.45) is 0 Å². The quantitative estimate of drug-likeness (QED) is 0.519. The number of aliphatic hydroxyl groups excluding tert-OH is 3. The van der Waals surface area contributed by atoms with E-state index in [-0.39, 0.29) is 18.8 Å². The van der Waals surface area contributed by atoms with Crippen molar-refractivity contribution in [2.45, 2.75) is 37.3 Å². The fourth-order valence-electron chi connectivity index (χ4n) is 3.63. The molecule has 0 unspecified atom stereocenters. The minimum Gasteiger partial charge on any atom is -0.508 e. The minimum atomic E-state index is -1.20. The molecule has 0 spiro atoms. The molecule has 3 aromatic rings. The lowest BCUT2D eigenvalue weighted by atomic mass is 9.91. The first-order valence-corrected chi connectivity index (χ1v) is 10.3. The number of rotatable bonds is 4. The van der Waals surface area contributed by atoms with Crippen molar-refractivity contribution < 1.29 is 25.2 Å². The lowest BCUT2D eigenvalue weighted by Crippen LogP contribution is -2.44. The number of halogens is 1. The van der Waals surface area contributed by atoms with Gasteiger partial charge in [0.15, 0.2) is 0 Å². The molecule has 148 valence electrons. The fraction of sp³-hybridized carbons (Fsp3) is 0.333. The van der Waals surface area contributed by atoms with Gasteiger partial charge in [-0.25, -0.2) is 0 Å². The molecule has 0 aliphatic carbocycles. The van der Waals surface area contributed by atoms with Crippen LogP contribution in [0.1, 0.15) is 28.5 Å². The van der Waals surface area contributed by atoms with E-state index in [2.05, 4.69) is 18.2 Å². The summed E-state index contributed by atoms with van der Waals surface area (Å²) in [6.07, 6.45) is -3.09. The molecule has 7 heteroatoms. The predicted octanol–water partition coefficient (Wildman–Crippen LogP) is 3.40. The normalized spacial score (nSPS) is 25.3. The van der Waals surface area contributed by atoms with Crippen LogP contribution in [0.3, 0.4) is 0 Å². The van der Waals surface area contributed by atoms with Crippen LogP contribution in [-0.4, -0.2) is 45.3 Å². The summed E-state index contributed by atoms with van der Waals surface area (Å²) >= 11 is 8.04. The summed E-state index contributed by atoms with van der Waals surface area (Å²) in [6, 6.07) is 13.4. The van der Waals surface area contributed by atoms with Gasteiger partial charge in [0, 0.05) is 33.0 Å². The Morgan fingerprint density at radius 3 is 2.68 bits per heavy atom. The van der Waals surface area contributed by atoms with Gasteiger partial charge in [-0.05, 0) is 35.2 Å². The van der Waals surface area contributed by atoms with E-state index in [0.29, 0.717) is 17.0 Å². The molecule has 0 radical (unpaired) electrons. The highest BCUT2D eigenvalue weighted by Gasteiger charge is 2.38. The smallest absolute Gasteiger partial charge is 0.122 e. The van der Waals surface area contributed by atoms with E-state index < -0.39 is 24.4 Å². The average Bonchev–Trinajstić information content (AvgIpc) is 3.08. The van der Waals surface area contributed by atoms with E-state index in [1.165, 1.54) is 10.8 Å². The van der Waals surface area contributed by atoms with Gasteiger partial charge >= 0.3 is 0 Å². The molecule has 1 aromatic heterocycles. The topological polar surface area (TPSA) is 90.2 Å². The summed E-state index contributed by atoms with van der Waals surface area (Å²) in [6.45, 7) is -0.275. The second-order valence-electron chi connectivity index (χ2n) is 7.08. The number of hydrogen-bond donors (Lipinski definition) is 4. The molecule has 0 bridgehead atoms. The van der Waals surface area contributed by atoms with E-state index in [4.69, 9.17) is 16.3 Å². The summed E-state index contributed by atoms with van der Waals surface area (Å²) in [7, 11) is 0. The Hall–Kier alpha value is -1.67. The first-order chi connectivity index (χ1) is 13.5. The van der Waals surface area contributed by atoms with Crippen LogP contribution < -0.4 is 0 Å². The van der Waals surface area contributed by atoms with Crippen molar-refractivity contribution in [1.29, 1.82) is 0 Å². The van der Waals surface area contributed by atoms with Crippen LogP contribution in [0.25, 0.3) is 10.1 Å². The molecule has 1 aliphatic rings. The van der Waals surface area contributed by atoms with Gasteiger partial charge in [-0.15, -0.1) is 11.3 Å². The van der Waals surface area contributed by atoms with Gasteiger partial charge in [0.1, 0.15) is 18.0 Å². The summed E-state index contributed by atoms with van der Waals surface area (Å²) in [5.74, 6) is -0.111. The monoisotopic (exact) mass is 420 g/mol. The molecule has 4 N–H and O–H groups in total. The molecule has 2 heterocycles. The fourth-order valence-corrected chi connectivity index (χ4v) is 4.94. The van der Waals surface area contributed by atoms with Crippen molar-refractivity contribution in [3.8, 4) is 5.75 Å². The van der Waals surface area contributed by atoms with Crippen LogP contribution >= 0.6 is 22.9 Å². The number of benzene rings is 2. The first-order valence-electron chi connectivity index (χ1n) is 9.07. The number of phenolic OH excluding ortho intramolecular Hbond substituents is 1. The first kappa shape index (κ1) is 19.6. The number of phenols is 1. The Morgan fingerprint density at radius 2 is 1.93 bits per heavy atom. The summed E-state index contributed by atoms with van der Waals surface area (Å²) in [4.78, 5) is 1.12. The lowest BCUT2D eigenvalue weighted by molar-refractivity contribution is -0.180. The molecule has 5 nitrogen and oxygen atoms in total. The van der Waals surface area contributed by atoms with Crippen molar-refractivity contribution in [3.63, 3.8) is 0 Å². The summed E-state index contributed by atoms with van der Waals surface area (Å²) in [5.41, 5.74) is 1.14. The third-order valence-electron chi connectivity index (χ3n) is 5.09. The number of aromatic hydroxyl groups is 1. The highest BCUT2D eigenvalue weighted by Crippen LogP contribution is 2.39. The molecular formula is C21H21ClO5S. The minimum absolute atomic E-state index is 0.111. The lowest BCUT2D eigenvalue weighted by Gasteiger charge is -2.37. The molecule has 1 saturated heterocycles.